The Morgan fingerprint density at radius 1 is 1.22 bits per heavy atom. The molecule has 0 atom stereocenters. The molecule has 0 saturated carbocycles. The summed E-state index contributed by atoms with van der Waals surface area (Å²) in [5.74, 6) is 1.39. The van der Waals surface area contributed by atoms with Crippen LogP contribution in [0.1, 0.15) is 34.6 Å². The number of rotatable bonds is 6. The summed E-state index contributed by atoms with van der Waals surface area (Å²) in [6.07, 6.45) is 0.141. The van der Waals surface area contributed by atoms with Gasteiger partial charge in [-0.3, -0.25) is 0 Å². The van der Waals surface area contributed by atoms with E-state index in [9.17, 15) is 0 Å². The number of anilines is 2. The van der Waals surface area contributed by atoms with Gasteiger partial charge in [0.25, 0.3) is 0 Å². The summed E-state index contributed by atoms with van der Waals surface area (Å²) in [7, 11) is 0. The summed E-state index contributed by atoms with van der Waals surface area (Å²) in [4.78, 5) is 2.30. The lowest BCUT2D eigenvalue weighted by Gasteiger charge is -2.27. The monoisotopic (exact) mass is 250 g/mol. The molecule has 102 valence electrons. The van der Waals surface area contributed by atoms with E-state index in [2.05, 4.69) is 31.7 Å². The molecule has 0 saturated heterocycles. The van der Waals surface area contributed by atoms with Gasteiger partial charge in [-0.2, -0.15) is 0 Å². The van der Waals surface area contributed by atoms with Gasteiger partial charge in [-0.25, -0.2) is 0 Å². The molecule has 1 aromatic rings. The van der Waals surface area contributed by atoms with Gasteiger partial charge in [0.1, 0.15) is 5.75 Å². The normalized spacial score (nSPS) is 11.1. The summed E-state index contributed by atoms with van der Waals surface area (Å²) >= 11 is 0. The lowest BCUT2D eigenvalue weighted by Crippen LogP contribution is -2.28. The van der Waals surface area contributed by atoms with Crippen LogP contribution in [0.5, 0.6) is 5.75 Å². The fraction of sp³-hybridized carbons (Fsp3) is 0.600. The molecule has 18 heavy (non-hydrogen) atoms. The lowest BCUT2D eigenvalue weighted by atomic mass is 10.1. The molecule has 1 rings (SSSR count). The molecule has 0 radical (unpaired) electrons. The van der Waals surface area contributed by atoms with Crippen molar-refractivity contribution in [1.29, 1.82) is 0 Å². The summed E-state index contributed by atoms with van der Waals surface area (Å²) in [5.41, 5.74) is 8.03. The van der Waals surface area contributed by atoms with Gasteiger partial charge in [-0.1, -0.05) is 19.9 Å². The van der Waals surface area contributed by atoms with Gasteiger partial charge < -0.3 is 15.4 Å². The first kappa shape index (κ1) is 14.7. The van der Waals surface area contributed by atoms with Gasteiger partial charge >= 0.3 is 0 Å². The van der Waals surface area contributed by atoms with Crippen LogP contribution in [0.4, 0.5) is 11.4 Å². The molecule has 0 aromatic heterocycles. The highest BCUT2D eigenvalue weighted by atomic mass is 16.5. The molecule has 1 aromatic carbocycles. The second kappa shape index (κ2) is 6.53. The maximum absolute atomic E-state index is 6.22. The van der Waals surface area contributed by atoms with Crippen LogP contribution in [-0.2, 0) is 0 Å². The van der Waals surface area contributed by atoms with Crippen molar-refractivity contribution in [3.63, 3.8) is 0 Å². The summed E-state index contributed by atoms with van der Waals surface area (Å²) < 4.78 is 5.73. The fourth-order valence-corrected chi connectivity index (χ4v) is 2.00. The third-order valence-electron chi connectivity index (χ3n) is 2.71. The number of para-hydroxylation sites is 1. The standard InChI is InChI=1S/C15H26N2O/c1-6-17(10-11(2)3)13-8-7-9-14(15(13)16)18-12(4)5/h7-9,11-12H,6,10,16H2,1-5H3. The molecule has 0 bridgehead atoms. The van der Waals surface area contributed by atoms with E-state index in [4.69, 9.17) is 10.5 Å². The van der Waals surface area contributed by atoms with Crippen LogP contribution < -0.4 is 15.4 Å². The van der Waals surface area contributed by atoms with Gasteiger partial charge in [0.15, 0.2) is 0 Å². The third-order valence-corrected chi connectivity index (χ3v) is 2.71. The Labute approximate surface area is 111 Å². The predicted molar refractivity (Wildman–Crippen MR) is 79.3 cm³/mol. The number of nitrogen functional groups attached to an aromatic ring is 1. The second-order valence-corrected chi connectivity index (χ2v) is 5.29. The van der Waals surface area contributed by atoms with E-state index in [1.165, 1.54) is 0 Å². The zero-order chi connectivity index (χ0) is 13.7. The largest absolute Gasteiger partial charge is 0.489 e. The molecular weight excluding hydrogens is 224 g/mol. The number of hydrogen-bond donors (Lipinski definition) is 1. The van der Waals surface area contributed by atoms with E-state index in [0.29, 0.717) is 5.92 Å². The van der Waals surface area contributed by atoms with Crippen molar-refractivity contribution in [3.8, 4) is 5.75 Å². The molecule has 0 amide bonds. The maximum Gasteiger partial charge on any atom is 0.144 e. The molecule has 0 heterocycles. The minimum Gasteiger partial charge on any atom is -0.489 e. The molecule has 2 N–H and O–H groups in total. The van der Waals surface area contributed by atoms with Crippen molar-refractivity contribution in [1.82, 2.24) is 0 Å². The lowest BCUT2D eigenvalue weighted by molar-refractivity contribution is 0.244. The van der Waals surface area contributed by atoms with E-state index in [1.54, 1.807) is 0 Å². The van der Waals surface area contributed by atoms with E-state index < -0.39 is 0 Å². The first-order valence-corrected chi connectivity index (χ1v) is 6.75. The number of hydrogen-bond acceptors (Lipinski definition) is 3. The van der Waals surface area contributed by atoms with Crippen LogP contribution >= 0.6 is 0 Å². The Morgan fingerprint density at radius 3 is 2.39 bits per heavy atom. The van der Waals surface area contributed by atoms with Crippen LogP contribution in [0, 0.1) is 5.92 Å². The predicted octanol–water partition coefficient (Wildman–Crippen LogP) is 3.54. The Balaban J connectivity index is 3.00. The minimum atomic E-state index is 0.141. The molecule has 3 nitrogen and oxygen atoms in total. The topological polar surface area (TPSA) is 38.5 Å². The number of nitrogens with two attached hydrogens (primary N) is 1. The average Bonchev–Trinajstić information content (AvgIpc) is 2.28. The highest BCUT2D eigenvalue weighted by molar-refractivity contribution is 5.74. The van der Waals surface area contributed by atoms with Crippen LogP contribution in [0.3, 0.4) is 0 Å². The molecule has 0 unspecified atom stereocenters. The molecule has 0 spiro atoms. The quantitative estimate of drug-likeness (QED) is 0.785. The van der Waals surface area contributed by atoms with Crippen molar-refractivity contribution in [3.05, 3.63) is 18.2 Å². The van der Waals surface area contributed by atoms with Crippen molar-refractivity contribution >= 4 is 11.4 Å². The smallest absolute Gasteiger partial charge is 0.144 e. The Kier molecular flexibility index (Phi) is 5.32. The zero-order valence-electron chi connectivity index (χ0n) is 12.2. The van der Waals surface area contributed by atoms with E-state index in [1.807, 2.05) is 26.0 Å². The van der Waals surface area contributed by atoms with Gasteiger partial charge in [0, 0.05) is 13.1 Å². The number of nitrogens with zero attached hydrogens (tertiary/aromatic N) is 1. The Morgan fingerprint density at radius 2 is 1.89 bits per heavy atom. The van der Waals surface area contributed by atoms with Gasteiger partial charge in [0.05, 0.1) is 17.5 Å². The highest BCUT2D eigenvalue weighted by Crippen LogP contribution is 2.33. The molecular formula is C15H26N2O. The zero-order valence-corrected chi connectivity index (χ0v) is 12.2. The van der Waals surface area contributed by atoms with E-state index in [-0.39, 0.29) is 6.10 Å². The van der Waals surface area contributed by atoms with Crippen molar-refractivity contribution in [2.24, 2.45) is 5.92 Å². The van der Waals surface area contributed by atoms with Crippen LogP contribution in [-0.4, -0.2) is 19.2 Å². The summed E-state index contributed by atoms with van der Waals surface area (Å²) in [6, 6.07) is 6.00. The van der Waals surface area contributed by atoms with Gasteiger partial charge in [0.2, 0.25) is 0 Å². The first-order chi connectivity index (χ1) is 8.45. The molecule has 0 aliphatic carbocycles. The van der Waals surface area contributed by atoms with Crippen molar-refractivity contribution < 1.29 is 4.74 Å². The molecule has 0 aliphatic heterocycles. The number of ether oxygens (including phenoxy) is 1. The SMILES string of the molecule is CCN(CC(C)C)c1cccc(OC(C)C)c1N. The Bertz CT molecular complexity index is 375. The van der Waals surface area contributed by atoms with Crippen LogP contribution in [0.15, 0.2) is 18.2 Å². The third kappa shape index (κ3) is 3.83. The summed E-state index contributed by atoms with van der Waals surface area (Å²) in [5, 5.41) is 0. The molecule has 3 heteroatoms. The van der Waals surface area contributed by atoms with Crippen molar-refractivity contribution in [2.75, 3.05) is 23.7 Å². The van der Waals surface area contributed by atoms with Crippen molar-refractivity contribution in [2.45, 2.75) is 40.7 Å². The van der Waals surface area contributed by atoms with Gasteiger partial charge in [-0.05, 0) is 38.8 Å². The van der Waals surface area contributed by atoms with E-state index >= 15 is 0 Å². The summed E-state index contributed by atoms with van der Waals surface area (Å²) in [6.45, 7) is 12.6. The fourth-order valence-electron chi connectivity index (χ4n) is 2.00. The molecule has 0 fully saturated rings. The van der Waals surface area contributed by atoms with Gasteiger partial charge in [-0.15, -0.1) is 0 Å². The maximum atomic E-state index is 6.22. The second-order valence-electron chi connectivity index (χ2n) is 5.29. The van der Waals surface area contributed by atoms with E-state index in [0.717, 1.165) is 30.2 Å². The number of benzene rings is 1. The van der Waals surface area contributed by atoms with Crippen LogP contribution in [0.2, 0.25) is 0 Å². The molecule has 0 aliphatic rings. The average molecular weight is 250 g/mol. The minimum absolute atomic E-state index is 0.141. The first-order valence-electron chi connectivity index (χ1n) is 6.75. The van der Waals surface area contributed by atoms with Crippen LogP contribution in [0.25, 0.3) is 0 Å². The highest BCUT2D eigenvalue weighted by Gasteiger charge is 2.13. The Hall–Kier alpha value is -1.38.